The van der Waals surface area contributed by atoms with Crippen molar-refractivity contribution in [2.75, 3.05) is 25.5 Å². The minimum atomic E-state index is -4.45. The van der Waals surface area contributed by atoms with Crippen molar-refractivity contribution < 1.29 is 32.7 Å². The molecule has 156 valence electrons. The minimum Gasteiger partial charge on any atom is -0.491 e. The van der Waals surface area contributed by atoms with Gasteiger partial charge in [-0.3, -0.25) is 14.9 Å². The van der Waals surface area contributed by atoms with Crippen LogP contribution in [0, 0.1) is 10.1 Å². The van der Waals surface area contributed by atoms with Crippen molar-refractivity contribution in [1.82, 2.24) is 5.32 Å². The van der Waals surface area contributed by atoms with E-state index in [2.05, 4.69) is 10.6 Å². The van der Waals surface area contributed by atoms with E-state index in [1.165, 1.54) is 19.2 Å². The standard InChI is InChI=1S/C18H18F3N3O5/c1-22-17(26)15-8-12(24(27)28)4-7-16(15)23-9-13(25)10-29-14-5-2-11(3-6-14)18(19,20)21/h2-8,13,23,25H,9-10H2,1H3,(H,22,26). The van der Waals surface area contributed by atoms with Crippen LogP contribution in [0.3, 0.4) is 0 Å². The fraction of sp³-hybridized carbons (Fsp3) is 0.278. The van der Waals surface area contributed by atoms with Gasteiger partial charge in [0.1, 0.15) is 18.5 Å². The van der Waals surface area contributed by atoms with Crippen LogP contribution in [0.15, 0.2) is 42.5 Å². The maximum atomic E-state index is 12.5. The van der Waals surface area contributed by atoms with Gasteiger partial charge in [0, 0.05) is 31.4 Å². The van der Waals surface area contributed by atoms with E-state index in [-0.39, 0.29) is 35.8 Å². The van der Waals surface area contributed by atoms with Gasteiger partial charge in [-0.25, -0.2) is 0 Å². The monoisotopic (exact) mass is 413 g/mol. The molecule has 0 saturated carbocycles. The van der Waals surface area contributed by atoms with Crippen molar-refractivity contribution >= 4 is 17.3 Å². The van der Waals surface area contributed by atoms with E-state index in [1.807, 2.05) is 0 Å². The first-order valence-corrected chi connectivity index (χ1v) is 8.34. The highest BCUT2D eigenvalue weighted by atomic mass is 19.4. The molecular formula is C18H18F3N3O5. The van der Waals surface area contributed by atoms with Crippen LogP contribution in [-0.4, -0.2) is 42.2 Å². The van der Waals surface area contributed by atoms with Gasteiger partial charge in [0.05, 0.1) is 16.1 Å². The van der Waals surface area contributed by atoms with Crippen LogP contribution >= 0.6 is 0 Å². The number of anilines is 1. The highest BCUT2D eigenvalue weighted by Crippen LogP contribution is 2.30. The van der Waals surface area contributed by atoms with Crippen molar-refractivity contribution in [3.05, 3.63) is 63.7 Å². The molecule has 0 bridgehead atoms. The fourth-order valence-corrected chi connectivity index (χ4v) is 2.34. The number of benzene rings is 2. The Morgan fingerprint density at radius 3 is 2.45 bits per heavy atom. The molecule has 2 rings (SSSR count). The number of halogens is 3. The molecule has 11 heteroatoms. The average Bonchev–Trinajstić information content (AvgIpc) is 2.69. The van der Waals surface area contributed by atoms with Crippen LogP contribution in [-0.2, 0) is 6.18 Å². The summed E-state index contributed by atoms with van der Waals surface area (Å²) in [4.78, 5) is 22.2. The van der Waals surface area contributed by atoms with E-state index in [9.17, 15) is 33.2 Å². The molecule has 2 aromatic carbocycles. The van der Waals surface area contributed by atoms with Gasteiger partial charge in [0.15, 0.2) is 0 Å². The molecule has 0 aliphatic heterocycles. The van der Waals surface area contributed by atoms with E-state index in [4.69, 9.17) is 4.74 Å². The Labute approximate surface area is 163 Å². The normalized spacial score (nSPS) is 12.2. The van der Waals surface area contributed by atoms with Crippen LogP contribution in [0.4, 0.5) is 24.5 Å². The zero-order valence-corrected chi connectivity index (χ0v) is 15.2. The predicted molar refractivity (Wildman–Crippen MR) is 97.9 cm³/mol. The van der Waals surface area contributed by atoms with Gasteiger partial charge in [0.25, 0.3) is 11.6 Å². The number of aliphatic hydroxyl groups excluding tert-OH is 1. The van der Waals surface area contributed by atoms with Gasteiger partial charge in [-0.15, -0.1) is 0 Å². The molecule has 0 spiro atoms. The van der Waals surface area contributed by atoms with Crippen LogP contribution in [0.25, 0.3) is 0 Å². The smallest absolute Gasteiger partial charge is 0.416 e. The van der Waals surface area contributed by atoms with Gasteiger partial charge in [-0.1, -0.05) is 0 Å². The lowest BCUT2D eigenvalue weighted by molar-refractivity contribution is -0.384. The molecular weight excluding hydrogens is 395 g/mol. The first kappa shape index (κ1) is 22.0. The molecule has 3 N–H and O–H groups in total. The lowest BCUT2D eigenvalue weighted by Gasteiger charge is -2.16. The molecule has 0 fully saturated rings. The van der Waals surface area contributed by atoms with Gasteiger partial charge in [-0.05, 0) is 30.3 Å². The number of nitro benzene ring substituents is 1. The summed E-state index contributed by atoms with van der Waals surface area (Å²) in [6.45, 7) is -0.289. The van der Waals surface area contributed by atoms with Crippen LogP contribution in [0.1, 0.15) is 15.9 Å². The molecule has 29 heavy (non-hydrogen) atoms. The number of nitrogens with one attached hydrogen (secondary N) is 2. The number of carbonyl (C=O) groups is 1. The molecule has 0 aromatic heterocycles. The third-order valence-corrected chi connectivity index (χ3v) is 3.84. The summed E-state index contributed by atoms with van der Waals surface area (Å²) < 4.78 is 42.8. The number of hydrogen-bond acceptors (Lipinski definition) is 6. The number of ether oxygens (including phenoxy) is 1. The van der Waals surface area contributed by atoms with E-state index >= 15 is 0 Å². The SMILES string of the molecule is CNC(=O)c1cc([N+](=O)[O-])ccc1NCC(O)COc1ccc(C(F)(F)F)cc1. The maximum Gasteiger partial charge on any atom is 0.416 e. The topological polar surface area (TPSA) is 114 Å². The molecule has 2 aromatic rings. The number of nitrogens with zero attached hydrogens (tertiary/aromatic N) is 1. The molecule has 8 nitrogen and oxygen atoms in total. The Hall–Kier alpha value is -3.34. The summed E-state index contributed by atoms with van der Waals surface area (Å²) in [5.74, 6) is -0.398. The number of aliphatic hydroxyl groups is 1. The van der Waals surface area contributed by atoms with Crippen molar-refractivity contribution in [2.24, 2.45) is 0 Å². The summed E-state index contributed by atoms with van der Waals surface area (Å²) in [5.41, 5.74) is -0.784. The van der Waals surface area contributed by atoms with Crippen LogP contribution in [0.2, 0.25) is 0 Å². The Morgan fingerprint density at radius 1 is 1.24 bits per heavy atom. The summed E-state index contributed by atoms with van der Waals surface area (Å²) in [7, 11) is 1.37. The van der Waals surface area contributed by atoms with Crippen molar-refractivity contribution in [1.29, 1.82) is 0 Å². The van der Waals surface area contributed by atoms with Gasteiger partial charge in [-0.2, -0.15) is 13.2 Å². The Bertz CT molecular complexity index is 872. The molecule has 1 amide bonds. The molecule has 0 saturated heterocycles. The number of carbonyl (C=O) groups excluding carboxylic acids is 1. The number of rotatable bonds is 8. The Kier molecular flexibility index (Phi) is 6.99. The predicted octanol–water partition coefficient (Wildman–Crippen LogP) is 2.83. The zero-order valence-electron chi connectivity index (χ0n) is 15.2. The minimum absolute atomic E-state index is 0.0255. The number of alkyl halides is 3. The Balaban J connectivity index is 1.96. The van der Waals surface area contributed by atoms with E-state index < -0.39 is 28.7 Å². The third kappa shape index (κ3) is 6.07. The lowest BCUT2D eigenvalue weighted by Crippen LogP contribution is -2.27. The highest BCUT2D eigenvalue weighted by molar-refractivity contribution is 6.00. The maximum absolute atomic E-state index is 12.5. The number of nitro groups is 1. The van der Waals surface area contributed by atoms with Crippen LogP contribution in [0.5, 0.6) is 5.75 Å². The second-order valence-electron chi connectivity index (χ2n) is 5.93. The summed E-state index contributed by atoms with van der Waals surface area (Å²) in [6, 6.07) is 7.67. The van der Waals surface area contributed by atoms with Crippen LogP contribution < -0.4 is 15.4 Å². The molecule has 0 aliphatic carbocycles. The van der Waals surface area contributed by atoms with E-state index in [1.54, 1.807) is 0 Å². The summed E-state index contributed by atoms with van der Waals surface area (Å²) in [5, 5.41) is 26.0. The summed E-state index contributed by atoms with van der Waals surface area (Å²) >= 11 is 0. The first-order valence-electron chi connectivity index (χ1n) is 8.34. The van der Waals surface area contributed by atoms with Gasteiger partial charge >= 0.3 is 6.18 Å². The summed E-state index contributed by atoms with van der Waals surface area (Å²) in [6.07, 6.45) is -5.51. The third-order valence-electron chi connectivity index (χ3n) is 3.84. The first-order chi connectivity index (χ1) is 13.6. The molecule has 1 unspecified atom stereocenters. The molecule has 1 atom stereocenters. The highest BCUT2D eigenvalue weighted by Gasteiger charge is 2.30. The van der Waals surface area contributed by atoms with Gasteiger partial charge in [0.2, 0.25) is 0 Å². The molecule has 0 heterocycles. The second-order valence-corrected chi connectivity index (χ2v) is 5.93. The quantitative estimate of drug-likeness (QED) is 0.453. The largest absolute Gasteiger partial charge is 0.491 e. The number of hydrogen-bond donors (Lipinski definition) is 3. The number of amides is 1. The number of non-ortho nitro benzene ring substituents is 1. The van der Waals surface area contributed by atoms with Crippen molar-refractivity contribution in [2.45, 2.75) is 12.3 Å². The average molecular weight is 413 g/mol. The second kappa shape index (κ2) is 9.24. The van der Waals surface area contributed by atoms with E-state index in [0.29, 0.717) is 0 Å². The lowest BCUT2D eigenvalue weighted by atomic mass is 10.1. The van der Waals surface area contributed by atoms with E-state index in [0.717, 1.165) is 30.3 Å². The van der Waals surface area contributed by atoms with Crippen molar-refractivity contribution in [3.63, 3.8) is 0 Å². The Morgan fingerprint density at radius 2 is 1.90 bits per heavy atom. The van der Waals surface area contributed by atoms with Gasteiger partial charge < -0.3 is 20.5 Å². The molecule has 0 aliphatic rings. The fourth-order valence-electron chi connectivity index (χ4n) is 2.34. The van der Waals surface area contributed by atoms with Crippen molar-refractivity contribution in [3.8, 4) is 5.75 Å². The molecule has 0 radical (unpaired) electrons. The zero-order chi connectivity index (χ0) is 21.6.